The smallest absolute Gasteiger partial charge is 0.487 e. The molecule has 0 spiro atoms. The van der Waals surface area contributed by atoms with E-state index in [9.17, 15) is 13.2 Å². The lowest BCUT2D eigenvalue weighted by Gasteiger charge is -2.28. The fraction of sp³-hybridized carbons (Fsp3) is 0.231. The molecule has 0 aliphatic carbocycles. The van der Waals surface area contributed by atoms with Gasteiger partial charge in [-0.1, -0.05) is 66.7 Å². The largest absolute Gasteiger partial charge is 0.573 e. The summed E-state index contributed by atoms with van der Waals surface area (Å²) in [7, 11) is 0. The Morgan fingerprint density at radius 1 is 0.917 bits per heavy atom. The van der Waals surface area contributed by atoms with Gasteiger partial charge in [0.2, 0.25) is 5.79 Å². The van der Waals surface area contributed by atoms with Gasteiger partial charge in [0, 0.05) is 5.56 Å². The van der Waals surface area contributed by atoms with E-state index in [1.807, 2.05) is 54.6 Å². The Kier molecular flexibility index (Phi) is 6.62. The highest BCUT2D eigenvalue weighted by Crippen LogP contribution is 2.38. The fourth-order valence-corrected chi connectivity index (χ4v) is 4.01. The normalized spacial score (nSPS) is 19.8. The minimum atomic E-state index is -4.83. The molecule has 2 unspecified atom stereocenters. The van der Waals surface area contributed by atoms with E-state index in [-0.39, 0.29) is 25.5 Å². The zero-order chi connectivity index (χ0) is 25.0. The van der Waals surface area contributed by atoms with Crippen molar-refractivity contribution in [1.29, 1.82) is 0 Å². The predicted molar refractivity (Wildman–Crippen MR) is 123 cm³/mol. The summed E-state index contributed by atoms with van der Waals surface area (Å²) in [5.74, 6) is -1.65. The van der Waals surface area contributed by atoms with Crippen LogP contribution >= 0.6 is 0 Å². The highest BCUT2D eigenvalue weighted by molar-refractivity contribution is 5.63. The molecule has 1 aliphatic heterocycles. The number of hydrogen-bond donors (Lipinski definition) is 0. The van der Waals surface area contributed by atoms with Crippen molar-refractivity contribution in [3.05, 3.63) is 97.1 Å². The van der Waals surface area contributed by atoms with Crippen molar-refractivity contribution in [3.8, 4) is 22.6 Å². The number of halogens is 3. The highest BCUT2D eigenvalue weighted by atomic mass is 19.4. The average molecular weight is 497 g/mol. The van der Waals surface area contributed by atoms with Crippen LogP contribution in [0.2, 0.25) is 0 Å². The average Bonchev–Trinajstić information content (AvgIpc) is 3.54. The van der Waals surface area contributed by atoms with Crippen LogP contribution in [0.4, 0.5) is 13.2 Å². The van der Waals surface area contributed by atoms with Gasteiger partial charge in [0.15, 0.2) is 11.5 Å². The second-order valence-corrected chi connectivity index (χ2v) is 8.15. The van der Waals surface area contributed by atoms with Gasteiger partial charge in [-0.3, -0.25) is 0 Å². The number of ether oxygens (including phenoxy) is 4. The summed E-state index contributed by atoms with van der Waals surface area (Å²) in [6, 6.07) is 23.4. The summed E-state index contributed by atoms with van der Waals surface area (Å²) in [4.78, 5) is 3.99. The zero-order valence-electron chi connectivity index (χ0n) is 19.0. The maximum atomic E-state index is 12.7. The number of hydrogen-bond acceptors (Lipinski definition) is 6. The number of rotatable bonds is 8. The van der Waals surface area contributed by atoms with Crippen LogP contribution in [0, 0.1) is 0 Å². The van der Waals surface area contributed by atoms with Crippen molar-refractivity contribution in [2.24, 2.45) is 0 Å². The van der Waals surface area contributed by atoms with Gasteiger partial charge in [-0.25, -0.2) is 9.67 Å². The van der Waals surface area contributed by atoms with Gasteiger partial charge in [-0.2, -0.15) is 5.10 Å². The Balaban J connectivity index is 1.34. The Hall–Kier alpha value is -3.89. The lowest BCUT2D eigenvalue weighted by atomic mass is 10.00. The lowest BCUT2D eigenvalue weighted by molar-refractivity contribution is -0.275. The van der Waals surface area contributed by atoms with Gasteiger partial charge >= 0.3 is 6.36 Å². The third-order valence-corrected chi connectivity index (χ3v) is 5.63. The number of benzene rings is 3. The molecule has 3 aromatic carbocycles. The van der Waals surface area contributed by atoms with Crippen LogP contribution in [0.1, 0.15) is 5.56 Å². The Morgan fingerprint density at radius 2 is 1.61 bits per heavy atom. The van der Waals surface area contributed by atoms with Crippen LogP contribution in [0.15, 0.2) is 91.5 Å². The molecule has 0 bridgehead atoms. The van der Waals surface area contributed by atoms with Gasteiger partial charge < -0.3 is 18.9 Å². The first kappa shape index (κ1) is 23.8. The molecule has 186 valence electrons. The standard InChI is InChI=1S/C26H22F3N3O4/c27-26(28,29)36-24-9-5-4-8-23(24)33-14-22-15-34-25(35-22,16-32-18-30-17-31-32)21-12-10-20(11-13-21)19-6-2-1-3-7-19/h1-13,17-18,22H,14-16H2. The molecular weight excluding hydrogens is 475 g/mol. The highest BCUT2D eigenvalue weighted by Gasteiger charge is 2.44. The van der Waals surface area contributed by atoms with Crippen molar-refractivity contribution in [1.82, 2.24) is 14.8 Å². The Labute approximate surface area is 205 Å². The Bertz CT molecular complexity index is 1270. The zero-order valence-corrected chi connectivity index (χ0v) is 19.0. The maximum Gasteiger partial charge on any atom is 0.573 e. The predicted octanol–water partition coefficient (Wildman–Crippen LogP) is 5.19. The number of nitrogens with zero attached hydrogens (tertiary/aromatic N) is 3. The lowest BCUT2D eigenvalue weighted by Crippen LogP contribution is -2.34. The van der Waals surface area contributed by atoms with Gasteiger partial charge in [0.25, 0.3) is 0 Å². The van der Waals surface area contributed by atoms with Crippen molar-refractivity contribution in [3.63, 3.8) is 0 Å². The van der Waals surface area contributed by atoms with E-state index in [2.05, 4.69) is 14.8 Å². The van der Waals surface area contributed by atoms with Gasteiger partial charge in [0.05, 0.1) is 6.61 Å². The molecule has 2 atom stereocenters. The first-order valence-electron chi connectivity index (χ1n) is 11.2. The summed E-state index contributed by atoms with van der Waals surface area (Å²) in [6.45, 7) is 0.346. The molecular formula is C26H22F3N3O4. The molecule has 36 heavy (non-hydrogen) atoms. The van der Waals surface area contributed by atoms with Crippen LogP contribution in [0.25, 0.3) is 11.1 Å². The van der Waals surface area contributed by atoms with Crippen molar-refractivity contribution < 1.29 is 32.1 Å². The molecule has 0 saturated carbocycles. The van der Waals surface area contributed by atoms with Crippen LogP contribution < -0.4 is 9.47 Å². The summed E-state index contributed by atoms with van der Waals surface area (Å²) in [5.41, 5.74) is 2.88. The molecule has 2 heterocycles. The van der Waals surface area contributed by atoms with E-state index in [1.165, 1.54) is 24.5 Å². The van der Waals surface area contributed by atoms with E-state index in [1.54, 1.807) is 17.1 Å². The topological polar surface area (TPSA) is 67.6 Å². The number of aromatic nitrogens is 3. The monoisotopic (exact) mass is 497 g/mol. The first-order chi connectivity index (χ1) is 17.4. The van der Waals surface area contributed by atoms with Crippen LogP contribution in [-0.4, -0.2) is 40.4 Å². The van der Waals surface area contributed by atoms with Gasteiger partial charge in [0.1, 0.15) is 31.9 Å². The SMILES string of the molecule is FC(F)(F)Oc1ccccc1OCC1COC(Cn2cncn2)(c2ccc(-c3ccccc3)cc2)O1. The summed E-state index contributed by atoms with van der Waals surface area (Å²) in [6.07, 6.45) is -2.41. The van der Waals surface area contributed by atoms with Crippen molar-refractivity contribution in [2.75, 3.05) is 13.2 Å². The number of para-hydroxylation sites is 2. The van der Waals surface area contributed by atoms with Crippen LogP contribution in [0.5, 0.6) is 11.5 Å². The molecule has 0 amide bonds. The third kappa shape index (κ3) is 5.50. The summed E-state index contributed by atoms with van der Waals surface area (Å²) >= 11 is 0. The van der Waals surface area contributed by atoms with Crippen LogP contribution in [-0.2, 0) is 21.8 Å². The third-order valence-electron chi connectivity index (χ3n) is 5.63. The minimum absolute atomic E-state index is 0.0422. The molecule has 1 fully saturated rings. The van der Waals surface area contributed by atoms with E-state index in [4.69, 9.17) is 14.2 Å². The van der Waals surface area contributed by atoms with E-state index in [0.717, 1.165) is 16.7 Å². The molecule has 0 N–H and O–H groups in total. The van der Waals surface area contributed by atoms with E-state index >= 15 is 0 Å². The summed E-state index contributed by atoms with van der Waals surface area (Å²) in [5, 5.41) is 4.17. The quantitative estimate of drug-likeness (QED) is 0.334. The fourth-order valence-electron chi connectivity index (χ4n) is 4.01. The van der Waals surface area contributed by atoms with E-state index in [0.29, 0.717) is 0 Å². The molecule has 4 aromatic rings. The molecule has 10 heteroatoms. The first-order valence-corrected chi connectivity index (χ1v) is 11.2. The van der Waals surface area contributed by atoms with Crippen molar-refractivity contribution >= 4 is 0 Å². The van der Waals surface area contributed by atoms with Crippen LogP contribution in [0.3, 0.4) is 0 Å². The molecule has 1 aromatic heterocycles. The molecule has 0 radical (unpaired) electrons. The Morgan fingerprint density at radius 3 is 2.31 bits per heavy atom. The second kappa shape index (κ2) is 10.00. The molecule has 1 saturated heterocycles. The number of alkyl halides is 3. The molecule has 5 rings (SSSR count). The maximum absolute atomic E-state index is 12.7. The van der Waals surface area contributed by atoms with Gasteiger partial charge in [-0.15, -0.1) is 13.2 Å². The van der Waals surface area contributed by atoms with Gasteiger partial charge in [-0.05, 0) is 23.3 Å². The second-order valence-electron chi connectivity index (χ2n) is 8.15. The van der Waals surface area contributed by atoms with E-state index < -0.39 is 24.0 Å². The molecule has 1 aliphatic rings. The molecule has 7 nitrogen and oxygen atoms in total. The summed E-state index contributed by atoms with van der Waals surface area (Å²) < 4.78 is 62.0. The minimum Gasteiger partial charge on any atom is -0.487 e. The van der Waals surface area contributed by atoms with Crippen molar-refractivity contribution in [2.45, 2.75) is 24.8 Å².